The number of aliphatic carboxylic acids is 1. The molecule has 5 nitrogen and oxygen atoms in total. The summed E-state index contributed by atoms with van der Waals surface area (Å²) in [7, 11) is 1.76. The largest absolute Gasteiger partial charge is 0.481 e. The van der Waals surface area contributed by atoms with Gasteiger partial charge in [-0.05, 0) is 25.5 Å². The van der Waals surface area contributed by atoms with Crippen molar-refractivity contribution in [3.8, 4) is 0 Å². The number of carboxylic acids is 1. The Kier molecular flexibility index (Phi) is 8.69. The summed E-state index contributed by atoms with van der Waals surface area (Å²) in [5, 5.41) is 12.1. The van der Waals surface area contributed by atoms with Gasteiger partial charge in [-0.2, -0.15) is 11.8 Å². The molecule has 0 radical (unpaired) electrons. The molecule has 0 spiro atoms. The van der Waals surface area contributed by atoms with Crippen LogP contribution in [0.4, 0.5) is 4.79 Å². The van der Waals surface area contributed by atoms with Crippen molar-refractivity contribution in [2.24, 2.45) is 5.41 Å². The lowest BCUT2D eigenvalue weighted by molar-refractivity contribution is -0.149. The van der Waals surface area contributed by atoms with Gasteiger partial charge in [-0.1, -0.05) is 20.8 Å². The van der Waals surface area contributed by atoms with Crippen LogP contribution < -0.4 is 5.32 Å². The SMILES string of the molecule is CCC(CSC)N(C)C(=O)NCC(CC)(CC)C(=O)O. The number of carbonyl (C=O) groups is 2. The number of carbonyl (C=O) groups excluding carboxylic acids is 1. The van der Waals surface area contributed by atoms with Gasteiger partial charge in [-0.3, -0.25) is 4.79 Å². The van der Waals surface area contributed by atoms with Crippen molar-refractivity contribution >= 4 is 23.8 Å². The summed E-state index contributed by atoms with van der Waals surface area (Å²) in [5.41, 5.74) is -0.863. The maximum atomic E-state index is 12.1. The average Bonchev–Trinajstić information content (AvgIpc) is 2.45. The van der Waals surface area contributed by atoms with E-state index in [9.17, 15) is 14.7 Å². The lowest BCUT2D eigenvalue weighted by Gasteiger charge is -2.31. The van der Waals surface area contributed by atoms with Crippen molar-refractivity contribution in [1.29, 1.82) is 0 Å². The van der Waals surface area contributed by atoms with E-state index in [1.54, 1.807) is 23.7 Å². The zero-order chi connectivity index (χ0) is 15.8. The topological polar surface area (TPSA) is 69.6 Å². The van der Waals surface area contributed by atoms with Crippen molar-refractivity contribution in [3.63, 3.8) is 0 Å². The quantitative estimate of drug-likeness (QED) is 0.687. The van der Waals surface area contributed by atoms with Crippen LogP contribution in [0.2, 0.25) is 0 Å². The van der Waals surface area contributed by atoms with E-state index in [0.29, 0.717) is 12.8 Å². The number of hydrogen-bond donors (Lipinski definition) is 2. The smallest absolute Gasteiger partial charge is 0.317 e. The normalized spacial score (nSPS) is 12.8. The maximum Gasteiger partial charge on any atom is 0.317 e. The number of thioether (sulfide) groups is 1. The Morgan fingerprint density at radius 3 is 2.20 bits per heavy atom. The van der Waals surface area contributed by atoms with E-state index in [1.807, 2.05) is 27.0 Å². The fraction of sp³-hybridized carbons (Fsp3) is 0.857. The van der Waals surface area contributed by atoms with Gasteiger partial charge < -0.3 is 15.3 Å². The van der Waals surface area contributed by atoms with E-state index < -0.39 is 11.4 Å². The molecule has 6 heteroatoms. The molecule has 0 aromatic rings. The first-order chi connectivity index (χ1) is 9.38. The molecular weight excluding hydrogens is 276 g/mol. The number of urea groups is 1. The third-order valence-electron chi connectivity index (χ3n) is 4.08. The molecule has 0 fully saturated rings. The Morgan fingerprint density at radius 2 is 1.85 bits per heavy atom. The van der Waals surface area contributed by atoms with E-state index >= 15 is 0 Å². The van der Waals surface area contributed by atoms with Gasteiger partial charge in [0.25, 0.3) is 0 Å². The van der Waals surface area contributed by atoms with Gasteiger partial charge in [0.1, 0.15) is 0 Å². The summed E-state index contributed by atoms with van der Waals surface area (Å²) in [6, 6.07) is -0.0223. The highest BCUT2D eigenvalue weighted by molar-refractivity contribution is 7.98. The molecule has 2 amide bonds. The molecule has 0 saturated heterocycles. The van der Waals surface area contributed by atoms with Crippen LogP contribution in [-0.2, 0) is 4.79 Å². The number of nitrogens with one attached hydrogen (secondary N) is 1. The molecule has 0 aromatic heterocycles. The van der Waals surface area contributed by atoms with Crippen molar-refractivity contribution in [1.82, 2.24) is 10.2 Å². The van der Waals surface area contributed by atoms with E-state index in [-0.39, 0.29) is 18.6 Å². The minimum absolute atomic E-state index is 0.174. The highest BCUT2D eigenvalue weighted by atomic mass is 32.2. The Hall–Kier alpha value is -0.910. The van der Waals surface area contributed by atoms with Crippen molar-refractivity contribution in [2.45, 2.75) is 46.1 Å². The summed E-state index contributed by atoms with van der Waals surface area (Å²) in [6.07, 6.45) is 3.91. The van der Waals surface area contributed by atoms with E-state index in [2.05, 4.69) is 5.32 Å². The molecule has 118 valence electrons. The molecule has 0 rings (SSSR count). The summed E-state index contributed by atoms with van der Waals surface area (Å²) in [6.45, 7) is 5.91. The zero-order valence-corrected chi connectivity index (χ0v) is 14.0. The number of amides is 2. The first-order valence-corrected chi connectivity index (χ1v) is 8.50. The number of nitrogens with zero attached hydrogens (tertiary/aromatic N) is 1. The number of rotatable bonds is 9. The zero-order valence-electron chi connectivity index (χ0n) is 13.2. The average molecular weight is 304 g/mol. The maximum absolute atomic E-state index is 12.1. The second kappa shape index (κ2) is 9.10. The monoisotopic (exact) mass is 304 g/mol. The fourth-order valence-electron chi connectivity index (χ4n) is 2.11. The third kappa shape index (κ3) is 4.89. The standard InChI is InChI=1S/C14H28N2O3S/c1-6-11(9-20-5)16(4)13(19)15-10-14(7-2,8-3)12(17)18/h11H,6-10H2,1-5H3,(H,15,19)(H,17,18). The molecule has 0 bridgehead atoms. The van der Waals surface area contributed by atoms with Crippen LogP contribution >= 0.6 is 11.8 Å². The highest BCUT2D eigenvalue weighted by Gasteiger charge is 2.35. The summed E-state index contributed by atoms with van der Waals surface area (Å²) in [5.74, 6) is 0.0353. The van der Waals surface area contributed by atoms with Crippen LogP contribution in [0.15, 0.2) is 0 Å². The van der Waals surface area contributed by atoms with Crippen LogP contribution in [0, 0.1) is 5.41 Å². The Bertz CT molecular complexity index is 320. The molecule has 2 N–H and O–H groups in total. The molecule has 20 heavy (non-hydrogen) atoms. The van der Waals surface area contributed by atoms with Crippen LogP contribution in [-0.4, -0.2) is 53.6 Å². The summed E-state index contributed by atoms with van der Waals surface area (Å²) in [4.78, 5) is 25.2. The first-order valence-electron chi connectivity index (χ1n) is 7.11. The summed E-state index contributed by atoms with van der Waals surface area (Å²) >= 11 is 1.70. The van der Waals surface area contributed by atoms with Crippen molar-refractivity contribution in [2.75, 3.05) is 25.6 Å². The molecular formula is C14H28N2O3S. The van der Waals surface area contributed by atoms with Gasteiger partial charge in [-0.15, -0.1) is 0 Å². The van der Waals surface area contributed by atoms with Gasteiger partial charge in [0.2, 0.25) is 0 Å². The molecule has 0 aliphatic carbocycles. The van der Waals surface area contributed by atoms with Gasteiger partial charge >= 0.3 is 12.0 Å². The van der Waals surface area contributed by atoms with E-state index in [0.717, 1.165) is 12.2 Å². The molecule has 0 aromatic carbocycles. The molecule has 1 atom stereocenters. The number of carboxylic acid groups (broad SMARTS) is 1. The van der Waals surface area contributed by atoms with Gasteiger partial charge in [-0.25, -0.2) is 4.79 Å². The van der Waals surface area contributed by atoms with Gasteiger partial charge in [0.15, 0.2) is 0 Å². The first kappa shape index (κ1) is 19.1. The molecule has 0 heterocycles. The van der Waals surface area contributed by atoms with Gasteiger partial charge in [0.05, 0.1) is 5.41 Å². The molecule has 0 aliphatic heterocycles. The summed E-state index contributed by atoms with van der Waals surface area (Å²) < 4.78 is 0. The Morgan fingerprint density at radius 1 is 1.30 bits per heavy atom. The van der Waals surface area contributed by atoms with Crippen molar-refractivity contribution in [3.05, 3.63) is 0 Å². The predicted molar refractivity (Wildman–Crippen MR) is 84.3 cm³/mol. The van der Waals surface area contributed by atoms with Crippen LogP contribution in [0.1, 0.15) is 40.0 Å². The predicted octanol–water partition coefficient (Wildman–Crippen LogP) is 2.66. The van der Waals surface area contributed by atoms with Crippen LogP contribution in [0.5, 0.6) is 0 Å². The Balaban J connectivity index is 4.63. The third-order valence-corrected chi connectivity index (χ3v) is 4.80. The van der Waals surface area contributed by atoms with E-state index in [4.69, 9.17) is 0 Å². The van der Waals surface area contributed by atoms with Crippen LogP contribution in [0.25, 0.3) is 0 Å². The lowest BCUT2D eigenvalue weighted by Crippen LogP contribution is -2.49. The van der Waals surface area contributed by atoms with Crippen LogP contribution in [0.3, 0.4) is 0 Å². The molecule has 0 saturated carbocycles. The second-order valence-corrected chi connectivity index (χ2v) is 5.99. The van der Waals surface area contributed by atoms with Crippen molar-refractivity contribution < 1.29 is 14.7 Å². The van der Waals surface area contributed by atoms with Gasteiger partial charge in [0, 0.05) is 25.4 Å². The fourth-order valence-corrected chi connectivity index (χ4v) is 2.95. The lowest BCUT2D eigenvalue weighted by atomic mass is 9.82. The second-order valence-electron chi connectivity index (χ2n) is 5.08. The highest BCUT2D eigenvalue weighted by Crippen LogP contribution is 2.25. The Labute approximate surface area is 126 Å². The van der Waals surface area contributed by atoms with E-state index in [1.165, 1.54) is 0 Å². The number of hydrogen-bond acceptors (Lipinski definition) is 3. The molecule has 1 unspecified atom stereocenters. The minimum atomic E-state index is -0.863. The molecule has 0 aliphatic rings. The minimum Gasteiger partial charge on any atom is -0.481 e.